The molecule has 1 saturated heterocycles. The number of carbonyl (C=O) groups is 1. The lowest BCUT2D eigenvalue weighted by molar-refractivity contribution is -0.144. The predicted molar refractivity (Wildman–Crippen MR) is 78.0 cm³/mol. The van der Waals surface area contributed by atoms with Crippen LogP contribution >= 0.6 is 15.9 Å². The van der Waals surface area contributed by atoms with Crippen molar-refractivity contribution in [3.8, 4) is 0 Å². The maximum Gasteiger partial charge on any atom is 0.324 e. The van der Waals surface area contributed by atoms with Crippen molar-refractivity contribution in [2.45, 2.75) is 29.1 Å². The fraction of sp³-hybridized carbons (Fsp3) is 0.462. The van der Waals surface area contributed by atoms with Crippen LogP contribution in [0.1, 0.15) is 18.4 Å². The Bertz CT molecular complexity index is 602. The molecule has 0 bridgehead atoms. The van der Waals surface area contributed by atoms with Crippen molar-refractivity contribution in [1.29, 1.82) is 0 Å². The first-order chi connectivity index (χ1) is 9.50. The van der Waals surface area contributed by atoms with Gasteiger partial charge in [-0.2, -0.15) is 4.31 Å². The van der Waals surface area contributed by atoms with E-state index in [9.17, 15) is 13.2 Å². The van der Waals surface area contributed by atoms with E-state index in [1.54, 1.807) is 18.2 Å². The predicted octanol–water partition coefficient (Wildman–Crippen LogP) is 1.91. The molecule has 110 valence electrons. The van der Waals surface area contributed by atoms with Gasteiger partial charge in [-0.15, -0.1) is 0 Å². The molecule has 20 heavy (non-hydrogen) atoms. The van der Waals surface area contributed by atoms with Crippen LogP contribution in [-0.4, -0.2) is 38.4 Å². The van der Waals surface area contributed by atoms with Gasteiger partial charge in [0.1, 0.15) is 6.04 Å². The van der Waals surface area contributed by atoms with Crippen LogP contribution in [0.3, 0.4) is 0 Å². The average Bonchev–Trinajstić information content (AvgIpc) is 2.96. The van der Waals surface area contributed by atoms with Gasteiger partial charge in [0.25, 0.3) is 0 Å². The highest BCUT2D eigenvalue weighted by Gasteiger charge is 2.40. The number of alkyl halides is 1. The summed E-state index contributed by atoms with van der Waals surface area (Å²) in [4.78, 5) is 11.9. The Balaban J connectivity index is 2.36. The van der Waals surface area contributed by atoms with Gasteiger partial charge in [-0.25, -0.2) is 8.42 Å². The number of halogens is 1. The summed E-state index contributed by atoms with van der Waals surface area (Å²) in [5.41, 5.74) is 0.875. The fourth-order valence-corrected chi connectivity index (χ4v) is 4.39. The fourth-order valence-electron chi connectivity index (χ4n) is 2.32. The Morgan fingerprint density at radius 3 is 2.90 bits per heavy atom. The summed E-state index contributed by atoms with van der Waals surface area (Å²) in [5.74, 6) is -0.497. The van der Waals surface area contributed by atoms with Crippen LogP contribution in [0.5, 0.6) is 0 Å². The molecular weight excluding hydrogens is 346 g/mol. The van der Waals surface area contributed by atoms with E-state index < -0.39 is 22.0 Å². The number of benzene rings is 1. The van der Waals surface area contributed by atoms with Gasteiger partial charge >= 0.3 is 5.97 Å². The lowest BCUT2D eigenvalue weighted by Crippen LogP contribution is -2.41. The van der Waals surface area contributed by atoms with Crippen molar-refractivity contribution in [3.63, 3.8) is 0 Å². The third-order valence-electron chi connectivity index (χ3n) is 3.34. The van der Waals surface area contributed by atoms with Gasteiger partial charge in [0, 0.05) is 11.9 Å². The first-order valence-corrected chi connectivity index (χ1v) is 8.81. The molecule has 1 heterocycles. The molecule has 2 rings (SSSR count). The van der Waals surface area contributed by atoms with Gasteiger partial charge in [-0.1, -0.05) is 28.1 Å². The van der Waals surface area contributed by atoms with Crippen LogP contribution < -0.4 is 0 Å². The van der Waals surface area contributed by atoms with E-state index in [0.717, 1.165) is 5.56 Å². The van der Waals surface area contributed by atoms with E-state index in [1.807, 2.05) is 6.07 Å². The highest BCUT2D eigenvalue weighted by molar-refractivity contribution is 9.08. The quantitative estimate of drug-likeness (QED) is 0.606. The molecule has 0 aliphatic carbocycles. The molecule has 0 saturated carbocycles. The average molecular weight is 362 g/mol. The van der Waals surface area contributed by atoms with Crippen LogP contribution in [0.25, 0.3) is 0 Å². The number of hydrogen-bond donors (Lipinski definition) is 0. The zero-order valence-corrected chi connectivity index (χ0v) is 13.5. The molecule has 0 aromatic heterocycles. The first kappa shape index (κ1) is 15.5. The Morgan fingerprint density at radius 1 is 1.50 bits per heavy atom. The van der Waals surface area contributed by atoms with Crippen molar-refractivity contribution >= 4 is 31.9 Å². The molecule has 0 amide bonds. The molecule has 1 fully saturated rings. The SMILES string of the molecule is COC(=O)[C@@H]1CCCN1S(=O)(=O)c1cccc(CBr)c1. The lowest BCUT2D eigenvalue weighted by atomic mass is 10.2. The Kier molecular flexibility index (Phi) is 4.82. The number of methoxy groups -OCH3 is 1. The lowest BCUT2D eigenvalue weighted by Gasteiger charge is -2.22. The van der Waals surface area contributed by atoms with E-state index in [2.05, 4.69) is 20.7 Å². The highest BCUT2D eigenvalue weighted by atomic mass is 79.9. The standard InChI is InChI=1S/C13H16BrNO4S/c1-19-13(16)12-6-3-7-15(12)20(17,18)11-5-2-4-10(8-11)9-14/h2,4-5,8,12H,3,6-7,9H2,1H3/t12-/m0/s1. The third-order valence-corrected chi connectivity index (χ3v) is 5.89. The van der Waals surface area contributed by atoms with Crippen LogP contribution in [0.4, 0.5) is 0 Å². The van der Waals surface area contributed by atoms with Crippen molar-refractivity contribution in [2.24, 2.45) is 0 Å². The molecule has 0 N–H and O–H groups in total. The Morgan fingerprint density at radius 2 is 2.25 bits per heavy atom. The smallest absolute Gasteiger partial charge is 0.324 e. The molecule has 1 atom stereocenters. The maximum atomic E-state index is 12.6. The van der Waals surface area contributed by atoms with E-state index in [1.165, 1.54) is 11.4 Å². The van der Waals surface area contributed by atoms with Gasteiger partial charge in [0.2, 0.25) is 10.0 Å². The first-order valence-electron chi connectivity index (χ1n) is 6.25. The van der Waals surface area contributed by atoms with E-state index >= 15 is 0 Å². The van der Waals surface area contributed by atoms with Gasteiger partial charge in [0.05, 0.1) is 12.0 Å². The molecule has 5 nitrogen and oxygen atoms in total. The minimum atomic E-state index is -3.66. The van der Waals surface area contributed by atoms with Gasteiger partial charge < -0.3 is 4.74 Å². The van der Waals surface area contributed by atoms with E-state index in [-0.39, 0.29) is 4.90 Å². The number of hydrogen-bond acceptors (Lipinski definition) is 4. The molecule has 1 aliphatic heterocycles. The monoisotopic (exact) mass is 361 g/mol. The number of ether oxygens (including phenoxy) is 1. The summed E-state index contributed by atoms with van der Waals surface area (Å²) in [6.45, 7) is 0.348. The van der Waals surface area contributed by atoms with Crippen molar-refractivity contribution < 1.29 is 17.9 Å². The van der Waals surface area contributed by atoms with Gasteiger partial charge in [-0.3, -0.25) is 4.79 Å². The number of esters is 1. The second-order valence-electron chi connectivity index (χ2n) is 4.58. The third kappa shape index (κ3) is 2.89. The van der Waals surface area contributed by atoms with Crippen LogP contribution in [0, 0.1) is 0 Å². The largest absolute Gasteiger partial charge is 0.468 e. The molecule has 1 aliphatic rings. The van der Waals surface area contributed by atoms with E-state index in [0.29, 0.717) is 24.7 Å². The molecule has 1 aromatic carbocycles. The normalized spacial score (nSPS) is 20.0. The van der Waals surface area contributed by atoms with Crippen molar-refractivity contribution in [1.82, 2.24) is 4.31 Å². The zero-order chi connectivity index (χ0) is 14.8. The minimum absolute atomic E-state index is 0.213. The maximum absolute atomic E-state index is 12.6. The summed E-state index contributed by atoms with van der Waals surface area (Å²) in [7, 11) is -2.39. The van der Waals surface area contributed by atoms with E-state index in [4.69, 9.17) is 0 Å². The van der Waals surface area contributed by atoms with Crippen LogP contribution in [0.2, 0.25) is 0 Å². The van der Waals surface area contributed by atoms with Gasteiger partial charge in [-0.05, 0) is 30.5 Å². The zero-order valence-electron chi connectivity index (χ0n) is 11.1. The van der Waals surface area contributed by atoms with Crippen LogP contribution in [0.15, 0.2) is 29.2 Å². The number of nitrogens with zero attached hydrogens (tertiary/aromatic N) is 1. The van der Waals surface area contributed by atoms with Gasteiger partial charge in [0.15, 0.2) is 0 Å². The summed E-state index contributed by atoms with van der Waals surface area (Å²) in [5, 5.41) is 0.580. The van der Waals surface area contributed by atoms with Crippen molar-refractivity contribution in [3.05, 3.63) is 29.8 Å². The minimum Gasteiger partial charge on any atom is -0.468 e. The highest BCUT2D eigenvalue weighted by Crippen LogP contribution is 2.27. The summed E-state index contributed by atoms with van der Waals surface area (Å²) in [6.07, 6.45) is 1.17. The second-order valence-corrected chi connectivity index (χ2v) is 7.03. The molecule has 1 aromatic rings. The summed E-state index contributed by atoms with van der Waals surface area (Å²) >= 11 is 3.31. The molecular formula is C13H16BrNO4S. The number of rotatable bonds is 4. The molecule has 0 unspecified atom stereocenters. The van der Waals surface area contributed by atoms with Crippen LogP contribution in [-0.2, 0) is 24.9 Å². The topological polar surface area (TPSA) is 63.7 Å². The van der Waals surface area contributed by atoms with Crippen molar-refractivity contribution in [2.75, 3.05) is 13.7 Å². The Labute approximate surface area is 127 Å². The molecule has 7 heteroatoms. The Hall–Kier alpha value is -0.920. The number of sulfonamides is 1. The molecule has 0 spiro atoms. The second kappa shape index (κ2) is 6.24. The summed E-state index contributed by atoms with van der Waals surface area (Å²) in [6, 6.07) is 6.00. The summed E-state index contributed by atoms with van der Waals surface area (Å²) < 4.78 is 31.2. The number of carbonyl (C=O) groups excluding carboxylic acids is 1. The molecule has 0 radical (unpaired) electrons.